The van der Waals surface area contributed by atoms with Crippen LogP contribution in [0.25, 0.3) is 28.8 Å². The third-order valence-electron chi connectivity index (χ3n) is 3.05. The Bertz CT molecular complexity index is 728. The normalized spacial score (nSPS) is 10.1. The van der Waals surface area contributed by atoms with E-state index in [1.54, 1.807) is 37.0 Å². The zero-order chi connectivity index (χ0) is 16.8. The van der Waals surface area contributed by atoms with Crippen molar-refractivity contribution in [1.29, 1.82) is 0 Å². The molecule has 0 aliphatic heterocycles. The number of nitrogens with one attached hydrogen (secondary N) is 2. The smallest absolute Gasteiger partial charge is 0.693 e. The van der Waals surface area contributed by atoms with Crippen molar-refractivity contribution in [3.05, 3.63) is 54.4 Å². The Labute approximate surface area is 159 Å². The predicted octanol–water partition coefficient (Wildman–Crippen LogP) is 4.36. The van der Waals surface area contributed by atoms with Crippen LogP contribution in [0.5, 0.6) is 0 Å². The third kappa shape index (κ3) is 5.97. The van der Waals surface area contributed by atoms with Crippen LogP contribution in [0.3, 0.4) is 0 Å². The second kappa shape index (κ2) is 11.8. The number of fused-ring (bicyclic) bond motifs is 1. The molecule has 0 atom stereocenters. The second-order valence-corrected chi connectivity index (χ2v) is 6.41. The Morgan fingerprint density at radius 1 is 1.08 bits per heavy atom. The van der Waals surface area contributed by atoms with Crippen molar-refractivity contribution in [1.82, 2.24) is 4.72 Å². The van der Waals surface area contributed by atoms with Gasteiger partial charge in [-0.15, -0.1) is 6.54 Å². The first-order chi connectivity index (χ1) is 10.5. The van der Waals surface area contributed by atoms with Crippen molar-refractivity contribution >= 4 is 35.9 Å². The molecule has 6 N–H and O–H groups in total. The molecule has 0 bridgehead atoms. The van der Waals surface area contributed by atoms with Gasteiger partial charge in [0.1, 0.15) is 0 Å². The van der Waals surface area contributed by atoms with Gasteiger partial charge in [-0.3, -0.25) is 0 Å². The molecule has 10 heteroatoms. The van der Waals surface area contributed by atoms with Crippen LogP contribution in [0.1, 0.15) is 0 Å². The van der Waals surface area contributed by atoms with Gasteiger partial charge in [0, 0.05) is 30.6 Å². The summed E-state index contributed by atoms with van der Waals surface area (Å²) in [4.78, 5) is 2.21. The Morgan fingerprint density at radius 2 is 1.62 bits per heavy atom. The van der Waals surface area contributed by atoms with E-state index >= 15 is 0 Å². The maximum Gasteiger partial charge on any atom is -0.693 e. The molecular weight excluding hydrogens is 533 g/mol. The molecule has 140 valence electrons. The van der Waals surface area contributed by atoms with Gasteiger partial charge >= 0.3 is 28.2 Å². The number of benzene rings is 2. The van der Waals surface area contributed by atoms with Crippen molar-refractivity contribution in [2.24, 2.45) is 0 Å². The van der Waals surface area contributed by atoms with Gasteiger partial charge in [-0.05, 0) is 18.7 Å². The molecule has 2 rings (SSSR count). The SMILES string of the molecule is CN(C)c1cccc2c(S(=O)(=O)NCC[NH-])cccc12.[Cl][Pt+].[NH2-].[NH2-]. The van der Waals surface area contributed by atoms with Gasteiger partial charge in [-0.1, -0.05) is 24.3 Å². The predicted molar refractivity (Wildman–Crippen MR) is 99.1 cm³/mol. The molecule has 0 amide bonds. The van der Waals surface area contributed by atoms with Crippen LogP contribution >= 0.6 is 9.42 Å². The van der Waals surface area contributed by atoms with Crippen LogP contribution in [0.15, 0.2) is 41.3 Å². The summed E-state index contributed by atoms with van der Waals surface area (Å²) in [6, 6.07) is 10.8. The van der Waals surface area contributed by atoms with E-state index in [2.05, 4.69) is 14.1 Å². The number of nitrogens with zero attached hydrogens (tertiary/aromatic N) is 1. The summed E-state index contributed by atoms with van der Waals surface area (Å²) in [5.74, 6) is 0. The van der Waals surface area contributed by atoms with Crippen LogP contribution < -0.4 is 9.62 Å². The minimum absolute atomic E-state index is 0. The number of halogens is 1. The van der Waals surface area contributed by atoms with Crippen LogP contribution in [0.4, 0.5) is 5.69 Å². The van der Waals surface area contributed by atoms with Crippen molar-refractivity contribution in [3.63, 3.8) is 0 Å². The van der Waals surface area contributed by atoms with Gasteiger partial charge in [0.25, 0.3) is 0 Å². The fraction of sp³-hybridized carbons (Fsp3) is 0.286. The first-order valence-electron chi connectivity index (χ1n) is 6.42. The maximum atomic E-state index is 12.3. The summed E-state index contributed by atoms with van der Waals surface area (Å²) in [7, 11) is 4.88. The summed E-state index contributed by atoms with van der Waals surface area (Å²) >= 11 is 1.61. The van der Waals surface area contributed by atoms with Gasteiger partial charge in [-0.2, -0.15) is 0 Å². The molecule has 2 aromatic carbocycles. The first-order valence-corrected chi connectivity index (χ1v) is 10.7. The van der Waals surface area contributed by atoms with E-state index in [4.69, 9.17) is 5.73 Å². The summed E-state index contributed by atoms with van der Waals surface area (Å²) in [5, 5.41) is 1.59. The van der Waals surface area contributed by atoms with E-state index in [0.29, 0.717) is 5.39 Å². The van der Waals surface area contributed by atoms with Crippen LogP contribution in [-0.4, -0.2) is 35.6 Å². The molecule has 0 aromatic heterocycles. The summed E-state index contributed by atoms with van der Waals surface area (Å²) < 4.78 is 27.0. The van der Waals surface area contributed by atoms with Gasteiger partial charge in [0.05, 0.1) is 4.90 Å². The molecule has 0 fully saturated rings. The zero-order valence-electron chi connectivity index (χ0n) is 13.4. The molecule has 0 spiro atoms. The second-order valence-electron chi connectivity index (χ2n) is 4.67. The number of hydrogen-bond donors (Lipinski definition) is 1. The van der Waals surface area contributed by atoms with Gasteiger partial charge in [0.15, 0.2) is 0 Å². The standard InChI is InChI=1S/C14H18N3O2S.ClH.2H2N.Pt/c1-17(2)13-7-3-6-12-11(13)5-4-8-14(12)20(18,19)16-10-9-15;;;;/h3-8,15-16H,9-10H2,1-2H3;1H;2*1H2;/q-1;;2*-1;+2/p-1. The summed E-state index contributed by atoms with van der Waals surface area (Å²) in [6.07, 6.45) is 0. The topological polar surface area (TPSA) is 140 Å². The number of rotatable bonds is 5. The molecule has 0 saturated carbocycles. The fourth-order valence-corrected chi connectivity index (χ4v) is 3.40. The molecule has 0 aliphatic rings. The van der Waals surface area contributed by atoms with E-state index in [1.165, 1.54) is 0 Å². The molecule has 0 radical (unpaired) electrons. The molecule has 2 aromatic rings. The van der Waals surface area contributed by atoms with Crippen molar-refractivity contribution < 1.29 is 27.2 Å². The van der Waals surface area contributed by atoms with Crippen molar-refractivity contribution in [2.45, 2.75) is 4.90 Å². The Hall–Kier alpha value is -0.732. The van der Waals surface area contributed by atoms with Gasteiger partial charge < -0.3 is 22.9 Å². The van der Waals surface area contributed by atoms with Crippen LogP contribution in [0, 0.1) is 0 Å². The number of sulfonamides is 1. The molecule has 0 saturated heterocycles. The molecule has 24 heavy (non-hydrogen) atoms. The molecule has 0 unspecified atom stereocenters. The van der Waals surface area contributed by atoms with Crippen molar-refractivity contribution in [2.75, 3.05) is 32.1 Å². The number of nitrogens with two attached hydrogens (primary N) is 2. The summed E-state index contributed by atoms with van der Waals surface area (Å²) in [6.45, 7) is 0.138. The number of hydrogen-bond acceptors (Lipinski definition) is 3. The van der Waals surface area contributed by atoms with E-state index in [0.717, 1.165) is 11.1 Å². The van der Waals surface area contributed by atoms with E-state index < -0.39 is 10.0 Å². The Balaban J connectivity index is 0. The quantitative estimate of drug-likeness (QED) is 0.587. The Morgan fingerprint density at radius 3 is 2.17 bits per heavy atom. The van der Waals surface area contributed by atoms with Crippen molar-refractivity contribution in [3.8, 4) is 0 Å². The van der Waals surface area contributed by atoms with E-state index in [1.807, 2.05) is 37.2 Å². The third-order valence-corrected chi connectivity index (χ3v) is 4.57. The average molecular weight is 555 g/mol. The Kier molecular flexibility index (Phi) is 12.5. The molecule has 0 aliphatic carbocycles. The fourth-order valence-electron chi connectivity index (χ4n) is 2.15. The minimum Gasteiger partial charge on any atom is -0.693 e. The average Bonchev–Trinajstić information content (AvgIpc) is 2.53. The van der Waals surface area contributed by atoms with E-state index in [-0.39, 0.29) is 30.3 Å². The van der Waals surface area contributed by atoms with Crippen LogP contribution in [-0.2, 0) is 28.8 Å². The first kappa shape index (κ1) is 25.5. The summed E-state index contributed by atoms with van der Waals surface area (Å²) in [5.41, 5.74) is 8.04. The zero-order valence-corrected chi connectivity index (χ0v) is 17.2. The van der Waals surface area contributed by atoms with Gasteiger partial charge in [-0.25, -0.2) is 13.1 Å². The molecule has 7 nitrogen and oxygen atoms in total. The molecular formula is C14H22ClN5O2PtS-2. The largest absolute Gasteiger partial charge is 0.693 e. The van der Waals surface area contributed by atoms with Gasteiger partial charge in [0.2, 0.25) is 10.0 Å². The van der Waals surface area contributed by atoms with Crippen LogP contribution in [0.2, 0.25) is 0 Å². The minimum atomic E-state index is -3.58. The monoisotopic (exact) mass is 554 g/mol. The molecule has 0 heterocycles. The maximum absolute atomic E-state index is 12.3. The number of anilines is 1. The van der Waals surface area contributed by atoms with E-state index in [9.17, 15) is 8.42 Å².